The summed E-state index contributed by atoms with van der Waals surface area (Å²) < 4.78 is 5.17. The van der Waals surface area contributed by atoms with Crippen LogP contribution in [0.5, 0.6) is 5.75 Å². The van der Waals surface area contributed by atoms with E-state index in [0.29, 0.717) is 6.54 Å². The molecule has 138 valence electrons. The molecule has 1 N–H and O–H groups in total. The predicted molar refractivity (Wildman–Crippen MR) is 109 cm³/mol. The molecule has 0 unspecified atom stereocenters. The third-order valence-corrected chi connectivity index (χ3v) is 4.65. The minimum Gasteiger partial charge on any atom is -0.497 e. The van der Waals surface area contributed by atoms with Crippen LogP contribution < -0.4 is 10.1 Å². The van der Waals surface area contributed by atoms with Crippen molar-refractivity contribution in [2.75, 3.05) is 13.7 Å². The molecular weight excluding hydrogens is 334 g/mol. The molecule has 0 atom stereocenters. The second-order valence-electron chi connectivity index (χ2n) is 6.50. The Morgan fingerprint density at radius 3 is 2.19 bits per heavy atom. The van der Waals surface area contributed by atoms with Gasteiger partial charge in [0.25, 0.3) is 5.91 Å². The Morgan fingerprint density at radius 1 is 0.778 bits per heavy atom. The van der Waals surface area contributed by atoms with Crippen molar-refractivity contribution in [3.05, 3.63) is 101 Å². The van der Waals surface area contributed by atoms with Gasteiger partial charge in [-0.15, -0.1) is 0 Å². The number of ether oxygens (including phenoxy) is 1. The molecule has 0 fully saturated rings. The van der Waals surface area contributed by atoms with E-state index in [2.05, 4.69) is 17.4 Å². The molecular formula is C24H25NO2. The van der Waals surface area contributed by atoms with Crippen molar-refractivity contribution in [2.24, 2.45) is 0 Å². The highest BCUT2D eigenvalue weighted by molar-refractivity contribution is 5.95. The van der Waals surface area contributed by atoms with Crippen LogP contribution in [0.3, 0.4) is 0 Å². The van der Waals surface area contributed by atoms with Crippen LogP contribution >= 0.6 is 0 Å². The first-order chi connectivity index (χ1) is 13.3. The summed E-state index contributed by atoms with van der Waals surface area (Å²) in [5.74, 6) is 0.835. The first kappa shape index (κ1) is 18.7. The molecule has 0 radical (unpaired) electrons. The standard InChI is InChI=1S/C24H25NO2/c1-27-22-15-12-20(13-16-22)17-18-25-24(26)23-10-6-5-9-21(23)14-11-19-7-3-2-4-8-19/h2-10,12-13,15-16H,11,14,17-18H2,1H3,(H,25,26). The Kier molecular flexibility index (Phi) is 6.64. The van der Waals surface area contributed by atoms with Gasteiger partial charge in [0.05, 0.1) is 7.11 Å². The fourth-order valence-corrected chi connectivity index (χ4v) is 3.09. The topological polar surface area (TPSA) is 38.3 Å². The Balaban J connectivity index is 1.56. The molecule has 0 aliphatic heterocycles. The number of hydrogen-bond acceptors (Lipinski definition) is 2. The number of methoxy groups -OCH3 is 1. The molecule has 0 spiro atoms. The summed E-state index contributed by atoms with van der Waals surface area (Å²) in [5, 5.41) is 3.04. The number of benzene rings is 3. The smallest absolute Gasteiger partial charge is 0.251 e. The van der Waals surface area contributed by atoms with Crippen LogP contribution in [0.4, 0.5) is 0 Å². The van der Waals surface area contributed by atoms with Crippen molar-refractivity contribution in [1.82, 2.24) is 5.32 Å². The maximum absolute atomic E-state index is 12.6. The lowest BCUT2D eigenvalue weighted by Crippen LogP contribution is -2.26. The van der Waals surface area contributed by atoms with Crippen molar-refractivity contribution in [3.8, 4) is 5.75 Å². The van der Waals surface area contributed by atoms with E-state index in [9.17, 15) is 4.79 Å². The van der Waals surface area contributed by atoms with Crippen LogP contribution in [0.2, 0.25) is 0 Å². The molecule has 3 aromatic rings. The number of carbonyl (C=O) groups is 1. The van der Waals surface area contributed by atoms with Gasteiger partial charge in [0.2, 0.25) is 0 Å². The maximum Gasteiger partial charge on any atom is 0.251 e. The van der Waals surface area contributed by atoms with Gasteiger partial charge in [0, 0.05) is 12.1 Å². The Bertz CT molecular complexity index is 857. The minimum atomic E-state index is -0.00725. The predicted octanol–water partition coefficient (Wildman–Crippen LogP) is 4.45. The molecule has 0 saturated carbocycles. The summed E-state index contributed by atoms with van der Waals surface area (Å²) in [5.41, 5.74) is 4.31. The number of aryl methyl sites for hydroxylation is 2. The third kappa shape index (κ3) is 5.45. The zero-order chi connectivity index (χ0) is 18.9. The molecule has 0 bridgehead atoms. The highest BCUT2D eigenvalue weighted by Gasteiger charge is 2.10. The molecule has 0 heterocycles. The van der Waals surface area contributed by atoms with E-state index < -0.39 is 0 Å². The van der Waals surface area contributed by atoms with Crippen LogP contribution in [0, 0.1) is 0 Å². The van der Waals surface area contributed by atoms with Gasteiger partial charge in [0.1, 0.15) is 5.75 Å². The molecule has 1 amide bonds. The largest absolute Gasteiger partial charge is 0.497 e. The Labute approximate surface area is 161 Å². The fourth-order valence-electron chi connectivity index (χ4n) is 3.09. The van der Waals surface area contributed by atoms with Crippen molar-refractivity contribution in [2.45, 2.75) is 19.3 Å². The van der Waals surface area contributed by atoms with E-state index >= 15 is 0 Å². The molecule has 3 rings (SSSR count). The van der Waals surface area contributed by atoms with Crippen molar-refractivity contribution in [1.29, 1.82) is 0 Å². The highest BCUT2D eigenvalue weighted by atomic mass is 16.5. The van der Waals surface area contributed by atoms with E-state index in [1.165, 1.54) is 11.1 Å². The lowest BCUT2D eigenvalue weighted by molar-refractivity contribution is 0.0953. The van der Waals surface area contributed by atoms with Crippen LogP contribution in [0.1, 0.15) is 27.0 Å². The minimum absolute atomic E-state index is 0.00725. The van der Waals surface area contributed by atoms with Gasteiger partial charge >= 0.3 is 0 Å². The summed E-state index contributed by atoms with van der Waals surface area (Å²) >= 11 is 0. The molecule has 3 nitrogen and oxygen atoms in total. The van der Waals surface area contributed by atoms with Gasteiger partial charge < -0.3 is 10.1 Å². The van der Waals surface area contributed by atoms with E-state index in [1.54, 1.807) is 7.11 Å². The number of rotatable bonds is 8. The van der Waals surface area contributed by atoms with Crippen molar-refractivity contribution < 1.29 is 9.53 Å². The van der Waals surface area contributed by atoms with E-state index in [-0.39, 0.29) is 5.91 Å². The molecule has 0 aliphatic rings. The summed E-state index contributed by atoms with van der Waals surface area (Å²) in [6.07, 6.45) is 2.57. The third-order valence-electron chi connectivity index (χ3n) is 4.65. The van der Waals surface area contributed by atoms with Crippen molar-refractivity contribution in [3.63, 3.8) is 0 Å². The molecule has 0 aromatic heterocycles. The van der Waals surface area contributed by atoms with Gasteiger partial charge in [-0.3, -0.25) is 4.79 Å². The maximum atomic E-state index is 12.6. The lowest BCUT2D eigenvalue weighted by Gasteiger charge is -2.11. The molecule has 3 aromatic carbocycles. The van der Waals surface area contributed by atoms with Gasteiger partial charge in [0.15, 0.2) is 0 Å². The fraction of sp³-hybridized carbons (Fsp3) is 0.208. The number of nitrogens with one attached hydrogen (secondary N) is 1. The zero-order valence-electron chi connectivity index (χ0n) is 15.7. The number of carbonyl (C=O) groups excluding carboxylic acids is 1. The van der Waals surface area contributed by atoms with Crippen LogP contribution in [-0.2, 0) is 19.3 Å². The molecule has 27 heavy (non-hydrogen) atoms. The highest BCUT2D eigenvalue weighted by Crippen LogP contribution is 2.14. The van der Waals surface area contributed by atoms with Crippen LogP contribution in [0.25, 0.3) is 0 Å². The first-order valence-corrected chi connectivity index (χ1v) is 9.29. The van der Waals surface area contributed by atoms with Crippen molar-refractivity contribution >= 4 is 5.91 Å². The first-order valence-electron chi connectivity index (χ1n) is 9.29. The Hall–Kier alpha value is -3.07. The van der Waals surface area contributed by atoms with Gasteiger partial charge in [-0.25, -0.2) is 0 Å². The molecule has 0 aliphatic carbocycles. The van der Waals surface area contributed by atoms with Gasteiger partial charge in [-0.2, -0.15) is 0 Å². The van der Waals surface area contributed by atoms with E-state index in [1.807, 2.05) is 66.7 Å². The SMILES string of the molecule is COc1ccc(CCNC(=O)c2ccccc2CCc2ccccc2)cc1. The molecule has 3 heteroatoms. The average molecular weight is 359 g/mol. The number of amides is 1. The monoisotopic (exact) mass is 359 g/mol. The zero-order valence-corrected chi connectivity index (χ0v) is 15.7. The summed E-state index contributed by atoms with van der Waals surface area (Å²) in [4.78, 5) is 12.6. The van der Waals surface area contributed by atoms with Crippen LogP contribution in [0.15, 0.2) is 78.9 Å². The van der Waals surface area contributed by atoms with Crippen LogP contribution in [-0.4, -0.2) is 19.6 Å². The van der Waals surface area contributed by atoms with Gasteiger partial charge in [-0.1, -0.05) is 60.7 Å². The number of hydrogen-bond donors (Lipinski definition) is 1. The van der Waals surface area contributed by atoms with E-state index in [4.69, 9.17) is 4.74 Å². The summed E-state index contributed by atoms with van der Waals surface area (Å²) in [6.45, 7) is 0.609. The normalized spacial score (nSPS) is 10.4. The average Bonchev–Trinajstić information content (AvgIpc) is 2.73. The second kappa shape index (κ2) is 9.58. The van der Waals surface area contributed by atoms with Gasteiger partial charge in [-0.05, 0) is 54.2 Å². The molecule has 0 saturated heterocycles. The lowest BCUT2D eigenvalue weighted by atomic mass is 9.99. The summed E-state index contributed by atoms with van der Waals surface area (Å²) in [6, 6.07) is 26.2. The second-order valence-corrected chi connectivity index (χ2v) is 6.50. The quantitative estimate of drug-likeness (QED) is 0.645. The Morgan fingerprint density at radius 2 is 1.44 bits per heavy atom. The van der Waals surface area contributed by atoms with E-state index in [0.717, 1.165) is 36.1 Å². The summed E-state index contributed by atoms with van der Waals surface area (Å²) in [7, 11) is 1.66.